The van der Waals surface area contributed by atoms with E-state index in [1.807, 2.05) is 23.6 Å². The molecule has 3 aromatic rings. The molecule has 3 rings (SSSR count). The molecule has 0 saturated carbocycles. The summed E-state index contributed by atoms with van der Waals surface area (Å²) >= 11 is 1.54. The van der Waals surface area contributed by atoms with Crippen molar-refractivity contribution < 1.29 is 9.90 Å². The Morgan fingerprint density at radius 2 is 2.14 bits per heavy atom. The molecular weight excluding hydrogens is 288 g/mol. The fourth-order valence-corrected chi connectivity index (χ4v) is 2.65. The quantitative estimate of drug-likeness (QED) is 0.752. The van der Waals surface area contributed by atoms with Gasteiger partial charge < -0.3 is 10.4 Å². The van der Waals surface area contributed by atoms with Gasteiger partial charge in [-0.1, -0.05) is 18.2 Å². The van der Waals surface area contributed by atoms with Crippen LogP contribution < -0.4 is 5.32 Å². The summed E-state index contributed by atoms with van der Waals surface area (Å²) < 4.78 is 0. The Balaban J connectivity index is 1.90. The van der Waals surface area contributed by atoms with Crippen LogP contribution in [0.3, 0.4) is 0 Å². The smallest absolute Gasteiger partial charge is 0.358 e. The lowest BCUT2D eigenvalue weighted by Crippen LogP contribution is -2.12. The summed E-state index contributed by atoms with van der Waals surface area (Å²) in [4.78, 5) is 15.5. The molecule has 0 aliphatic rings. The van der Waals surface area contributed by atoms with Gasteiger partial charge in [0.05, 0.1) is 22.4 Å². The van der Waals surface area contributed by atoms with E-state index >= 15 is 0 Å². The highest BCUT2D eigenvalue weighted by molar-refractivity contribution is 7.07. The number of nitrogens with one attached hydrogen (secondary N) is 1. The monoisotopic (exact) mass is 300 g/mol. The van der Waals surface area contributed by atoms with Crippen molar-refractivity contribution in [2.45, 2.75) is 6.42 Å². The minimum absolute atomic E-state index is 0.0630. The maximum Gasteiger partial charge on any atom is 0.358 e. The third-order valence-corrected chi connectivity index (χ3v) is 3.67. The van der Waals surface area contributed by atoms with Gasteiger partial charge in [0.1, 0.15) is 0 Å². The number of rotatable bonds is 5. The lowest BCUT2D eigenvalue weighted by molar-refractivity contribution is 0.0690. The SMILES string of the molecule is O=C(O)c1nnc2ccccc2c1NCCc1cscn1. The Morgan fingerprint density at radius 3 is 2.90 bits per heavy atom. The van der Waals surface area contributed by atoms with Gasteiger partial charge in [-0.2, -0.15) is 0 Å². The molecule has 0 saturated heterocycles. The summed E-state index contributed by atoms with van der Waals surface area (Å²) in [5.41, 5.74) is 3.87. The number of benzene rings is 1. The number of aromatic carboxylic acids is 1. The average molecular weight is 300 g/mol. The van der Waals surface area contributed by atoms with Gasteiger partial charge in [0.2, 0.25) is 0 Å². The summed E-state index contributed by atoms with van der Waals surface area (Å²) in [5, 5.41) is 22.9. The first-order valence-electron chi connectivity index (χ1n) is 6.35. The van der Waals surface area contributed by atoms with Crippen molar-refractivity contribution in [3.8, 4) is 0 Å². The van der Waals surface area contributed by atoms with Gasteiger partial charge in [0.25, 0.3) is 0 Å². The zero-order valence-corrected chi connectivity index (χ0v) is 11.8. The number of fused-ring (bicyclic) bond motifs is 1. The number of carboxylic acids is 1. The van der Waals surface area contributed by atoms with E-state index in [4.69, 9.17) is 0 Å². The largest absolute Gasteiger partial charge is 0.476 e. The van der Waals surface area contributed by atoms with E-state index in [1.165, 1.54) is 0 Å². The van der Waals surface area contributed by atoms with Crippen LogP contribution in [0.1, 0.15) is 16.2 Å². The van der Waals surface area contributed by atoms with E-state index in [1.54, 1.807) is 22.9 Å². The summed E-state index contributed by atoms with van der Waals surface area (Å²) in [6.45, 7) is 0.583. The minimum atomic E-state index is -1.09. The number of thiazole rings is 1. The van der Waals surface area contributed by atoms with Crippen LogP contribution in [0.4, 0.5) is 5.69 Å². The fraction of sp³-hybridized carbons (Fsp3) is 0.143. The molecule has 6 nitrogen and oxygen atoms in total. The van der Waals surface area contributed by atoms with Crippen LogP contribution >= 0.6 is 11.3 Å². The van der Waals surface area contributed by atoms with E-state index in [0.29, 0.717) is 17.7 Å². The molecule has 2 aromatic heterocycles. The maximum atomic E-state index is 11.3. The third kappa shape index (κ3) is 2.82. The van der Waals surface area contributed by atoms with Crippen molar-refractivity contribution in [1.29, 1.82) is 0 Å². The van der Waals surface area contributed by atoms with Crippen molar-refractivity contribution in [1.82, 2.24) is 15.2 Å². The summed E-state index contributed by atoms with van der Waals surface area (Å²) in [5.74, 6) is -1.09. The average Bonchev–Trinajstić information content (AvgIpc) is 3.00. The van der Waals surface area contributed by atoms with E-state index in [9.17, 15) is 9.90 Å². The molecule has 0 atom stereocenters. The lowest BCUT2D eigenvalue weighted by atomic mass is 10.1. The third-order valence-electron chi connectivity index (χ3n) is 3.04. The van der Waals surface area contributed by atoms with Gasteiger partial charge in [-0.3, -0.25) is 0 Å². The van der Waals surface area contributed by atoms with Crippen LogP contribution in [0.5, 0.6) is 0 Å². The second-order valence-electron chi connectivity index (χ2n) is 4.40. The number of carbonyl (C=O) groups is 1. The molecule has 0 unspecified atom stereocenters. The van der Waals surface area contributed by atoms with Crippen LogP contribution in [0.25, 0.3) is 10.9 Å². The molecule has 1 aromatic carbocycles. The molecule has 0 bridgehead atoms. The number of aromatic nitrogens is 3. The minimum Gasteiger partial charge on any atom is -0.476 e. The predicted octanol–water partition coefficient (Wildman–Crippen LogP) is 2.44. The highest BCUT2D eigenvalue weighted by atomic mass is 32.1. The molecule has 0 radical (unpaired) electrons. The van der Waals surface area contributed by atoms with Crippen molar-refractivity contribution in [2.24, 2.45) is 0 Å². The van der Waals surface area contributed by atoms with E-state index in [-0.39, 0.29) is 5.69 Å². The first-order valence-corrected chi connectivity index (χ1v) is 7.29. The highest BCUT2D eigenvalue weighted by Gasteiger charge is 2.16. The maximum absolute atomic E-state index is 11.3. The van der Waals surface area contributed by atoms with Gasteiger partial charge >= 0.3 is 5.97 Å². The normalized spacial score (nSPS) is 10.7. The number of carboxylic acid groups (broad SMARTS) is 1. The summed E-state index contributed by atoms with van der Waals surface area (Å²) in [6.07, 6.45) is 0.721. The molecule has 0 fully saturated rings. The number of nitrogens with zero attached hydrogens (tertiary/aromatic N) is 3. The van der Waals surface area contributed by atoms with Gasteiger partial charge in [0, 0.05) is 23.7 Å². The Labute approximate surface area is 124 Å². The molecule has 0 spiro atoms. The van der Waals surface area contributed by atoms with Gasteiger partial charge in [-0.15, -0.1) is 21.5 Å². The first-order chi connectivity index (χ1) is 10.3. The molecule has 106 valence electrons. The second kappa shape index (κ2) is 5.84. The summed E-state index contributed by atoms with van der Waals surface area (Å²) in [7, 11) is 0. The Kier molecular flexibility index (Phi) is 3.74. The van der Waals surface area contributed by atoms with Gasteiger partial charge in [-0.05, 0) is 6.07 Å². The first kappa shape index (κ1) is 13.4. The van der Waals surface area contributed by atoms with Crippen LogP contribution in [0, 0.1) is 0 Å². The molecule has 0 amide bonds. The Hall–Kier alpha value is -2.54. The van der Waals surface area contributed by atoms with Crippen LogP contribution in [0.2, 0.25) is 0 Å². The number of hydrogen-bond acceptors (Lipinski definition) is 6. The van der Waals surface area contributed by atoms with Crippen LogP contribution in [-0.2, 0) is 6.42 Å². The molecule has 0 aliphatic heterocycles. The van der Waals surface area contributed by atoms with E-state index in [0.717, 1.165) is 17.5 Å². The standard InChI is InChI=1S/C14H12N4O2S/c19-14(20)13-12(15-6-5-9-7-21-8-16-9)10-3-1-2-4-11(10)17-18-13/h1-4,7-8H,5-6H2,(H,15,17)(H,19,20). The predicted molar refractivity (Wildman–Crippen MR) is 80.8 cm³/mol. The Bertz CT molecular complexity index is 774. The lowest BCUT2D eigenvalue weighted by Gasteiger charge is -2.10. The molecule has 2 N–H and O–H groups in total. The Morgan fingerprint density at radius 1 is 1.29 bits per heavy atom. The zero-order valence-electron chi connectivity index (χ0n) is 11.0. The highest BCUT2D eigenvalue weighted by Crippen LogP contribution is 2.24. The number of anilines is 1. The number of hydrogen-bond donors (Lipinski definition) is 2. The molecule has 2 heterocycles. The van der Waals surface area contributed by atoms with E-state index in [2.05, 4.69) is 20.5 Å². The van der Waals surface area contributed by atoms with E-state index < -0.39 is 5.97 Å². The van der Waals surface area contributed by atoms with Crippen molar-refractivity contribution in [3.05, 3.63) is 46.5 Å². The van der Waals surface area contributed by atoms with Crippen molar-refractivity contribution >= 4 is 33.9 Å². The summed E-state index contributed by atoms with van der Waals surface area (Å²) in [6, 6.07) is 7.33. The fourth-order valence-electron chi connectivity index (χ4n) is 2.06. The topological polar surface area (TPSA) is 88.0 Å². The molecular formula is C14H12N4O2S. The van der Waals surface area contributed by atoms with Gasteiger partial charge in [0.15, 0.2) is 5.69 Å². The second-order valence-corrected chi connectivity index (χ2v) is 5.12. The van der Waals surface area contributed by atoms with Crippen molar-refractivity contribution in [3.63, 3.8) is 0 Å². The van der Waals surface area contributed by atoms with Crippen LogP contribution in [0.15, 0.2) is 35.2 Å². The molecule has 0 aliphatic carbocycles. The molecule has 21 heavy (non-hydrogen) atoms. The van der Waals surface area contributed by atoms with Crippen LogP contribution in [-0.4, -0.2) is 32.8 Å². The molecule has 7 heteroatoms. The van der Waals surface area contributed by atoms with Crippen molar-refractivity contribution in [2.75, 3.05) is 11.9 Å². The zero-order chi connectivity index (χ0) is 14.7. The van der Waals surface area contributed by atoms with Gasteiger partial charge in [-0.25, -0.2) is 9.78 Å².